The molecule has 3 heterocycles. The molecule has 0 aliphatic heterocycles. The quantitative estimate of drug-likeness (QED) is 0.289. The van der Waals surface area contributed by atoms with E-state index in [1.54, 1.807) is 11.3 Å². The molecule has 2 aliphatic rings. The van der Waals surface area contributed by atoms with Crippen LogP contribution >= 0.6 is 11.3 Å². The molecule has 1 unspecified atom stereocenters. The molecule has 0 spiro atoms. The lowest BCUT2D eigenvalue weighted by molar-refractivity contribution is 0.131. The number of benzene rings is 1. The second kappa shape index (κ2) is 9.18. The summed E-state index contributed by atoms with van der Waals surface area (Å²) in [6.45, 7) is 2.23. The highest BCUT2D eigenvalue weighted by atomic mass is 32.1. The Bertz CT molecular complexity index is 1340. The first-order chi connectivity index (χ1) is 17.1. The number of carbonyl (C=O) groups excluding carboxylic acids is 1. The van der Waals surface area contributed by atoms with Crippen LogP contribution in [-0.2, 0) is 11.3 Å². The molecule has 0 saturated heterocycles. The van der Waals surface area contributed by atoms with Crippen LogP contribution in [0.5, 0.6) is 0 Å². The first-order valence-electron chi connectivity index (χ1n) is 11.9. The maximum atomic E-state index is 12.5. The van der Waals surface area contributed by atoms with Crippen molar-refractivity contribution >= 4 is 45.2 Å². The molecule has 0 radical (unpaired) electrons. The van der Waals surface area contributed by atoms with Crippen LogP contribution in [0.15, 0.2) is 47.8 Å². The fourth-order valence-corrected chi connectivity index (χ4v) is 6.18. The molecular formula is C25H27N7O2S. The predicted molar refractivity (Wildman–Crippen MR) is 136 cm³/mol. The van der Waals surface area contributed by atoms with E-state index < -0.39 is 0 Å². The Morgan fingerprint density at radius 2 is 2.09 bits per heavy atom. The minimum atomic E-state index is -0.359. The molecule has 3 aromatic heterocycles. The zero-order chi connectivity index (χ0) is 23.8. The van der Waals surface area contributed by atoms with Gasteiger partial charge in [0, 0.05) is 23.8 Å². The average Bonchev–Trinajstić information content (AvgIpc) is 3.64. The smallest absolute Gasteiger partial charge is 0.407 e. The maximum Gasteiger partial charge on any atom is 0.407 e. The third-order valence-corrected chi connectivity index (χ3v) is 7.89. The number of hydrogen-bond donors (Lipinski definition) is 4. The summed E-state index contributed by atoms with van der Waals surface area (Å²) in [6, 6.07) is 14.0. The number of aromatic amines is 1. The van der Waals surface area contributed by atoms with Gasteiger partial charge in [-0.3, -0.25) is 5.10 Å². The Hall–Kier alpha value is -3.66. The van der Waals surface area contributed by atoms with Crippen molar-refractivity contribution in [1.29, 1.82) is 0 Å². The van der Waals surface area contributed by atoms with E-state index in [1.807, 2.05) is 54.8 Å². The predicted octanol–water partition coefficient (Wildman–Crippen LogP) is 4.97. The fourth-order valence-electron chi connectivity index (χ4n) is 5.40. The first-order valence-corrected chi connectivity index (χ1v) is 12.8. The van der Waals surface area contributed by atoms with Crippen molar-refractivity contribution in [3.63, 3.8) is 0 Å². The Morgan fingerprint density at radius 3 is 2.91 bits per heavy atom. The van der Waals surface area contributed by atoms with Crippen molar-refractivity contribution in [2.45, 2.75) is 44.9 Å². The maximum absolute atomic E-state index is 12.5. The molecule has 4 N–H and O–H groups in total. The summed E-state index contributed by atoms with van der Waals surface area (Å²) in [5.74, 6) is 2.84. The number of thiophene rings is 1. The molecule has 2 bridgehead atoms. The number of aromatic nitrogens is 4. The van der Waals surface area contributed by atoms with Gasteiger partial charge in [-0.2, -0.15) is 10.1 Å². The minimum absolute atomic E-state index is 0.0871. The van der Waals surface area contributed by atoms with Crippen LogP contribution in [0, 0.1) is 18.8 Å². The second-order valence-electron chi connectivity index (χ2n) is 9.31. The number of fused-ring (bicyclic) bond motifs is 3. The monoisotopic (exact) mass is 489 g/mol. The number of carbonyl (C=O) groups is 1. The summed E-state index contributed by atoms with van der Waals surface area (Å²) in [7, 11) is 0. The van der Waals surface area contributed by atoms with Gasteiger partial charge in [0.2, 0.25) is 5.95 Å². The van der Waals surface area contributed by atoms with Gasteiger partial charge in [0.25, 0.3) is 0 Å². The number of alkyl carbamates (subject to hydrolysis) is 1. The highest BCUT2D eigenvalue weighted by Crippen LogP contribution is 2.46. The van der Waals surface area contributed by atoms with Crippen LogP contribution in [-0.4, -0.2) is 38.3 Å². The van der Waals surface area contributed by atoms with Gasteiger partial charge < -0.3 is 20.7 Å². The van der Waals surface area contributed by atoms with E-state index in [2.05, 4.69) is 26.1 Å². The highest BCUT2D eigenvalue weighted by Gasteiger charge is 2.49. The van der Waals surface area contributed by atoms with E-state index in [1.165, 1.54) is 0 Å². The summed E-state index contributed by atoms with van der Waals surface area (Å²) in [5, 5.41) is 19.3. The second-order valence-corrected chi connectivity index (χ2v) is 10.2. The van der Waals surface area contributed by atoms with E-state index in [0.29, 0.717) is 17.8 Å². The molecule has 10 heteroatoms. The molecular weight excluding hydrogens is 462 g/mol. The normalized spacial score (nSPS) is 22.9. The van der Waals surface area contributed by atoms with Crippen molar-refractivity contribution in [3.05, 3.63) is 59.1 Å². The van der Waals surface area contributed by atoms with E-state index in [-0.39, 0.29) is 24.8 Å². The van der Waals surface area contributed by atoms with Gasteiger partial charge in [0.05, 0.1) is 10.2 Å². The molecule has 4 atom stereocenters. The summed E-state index contributed by atoms with van der Waals surface area (Å²) >= 11 is 1.60. The van der Waals surface area contributed by atoms with Crippen molar-refractivity contribution in [3.8, 4) is 0 Å². The molecule has 9 nitrogen and oxygen atoms in total. The van der Waals surface area contributed by atoms with Crippen molar-refractivity contribution in [2.24, 2.45) is 11.8 Å². The van der Waals surface area contributed by atoms with Gasteiger partial charge >= 0.3 is 6.09 Å². The molecule has 1 amide bonds. The summed E-state index contributed by atoms with van der Waals surface area (Å²) in [6.07, 6.45) is 2.77. The average molecular weight is 490 g/mol. The number of H-pyrrole nitrogens is 1. The number of hydrogen-bond acceptors (Lipinski definition) is 8. The lowest BCUT2D eigenvalue weighted by Crippen LogP contribution is -2.40. The van der Waals surface area contributed by atoms with Crippen molar-refractivity contribution in [1.82, 2.24) is 25.5 Å². The largest absolute Gasteiger partial charge is 0.445 e. The fraction of sp³-hybridized carbons (Fsp3) is 0.360. The third kappa shape index (κ3) is 4.53. The number of ether oxygens (including phenoxy) is 1. The molecule has 180 valence electrons. The summed E-state index contributed by atoms with van der Waals surface area (Å²) < 4.78 is 6.45. The topological polar surface area (TPSA) is 117 Å². The van der Waals surface area contributed by atoms with Gasteiger partial charge in [-0.05, 0) is 55.0 Å². The van der Waals surface area contributed by atoms with E-state index in [9.17, 15) is 4.79 Å². The molecule has 1 aromatic carbocycles. The van der Waals surface area contributed by atoms with Crippen molar-refractivity contribution < 1.29 is 9.53 Å². The van der Waals surface area contributed by atoms with E-state index in [4.69, 9.17) is 14.7 Å². The number of amides is 1. The zero-order valence-corrected chi connectivity index (χ0v) is 20.1. The number of rotatable bonds is 7. The van der Waals surface area contributed by atoms with Gasteiger partial charge in [-0.1, -0.05) is 30.3 Å². The Morgan fingerprint density at radius 1 is 1.20 bits per heavy atom. The SMILES string of the molecule is Cc1cc(Nc2nc(NC3[C@H]4CC[C@H]3[C@@H](NC(=O)OCc3ccccc3)C4)nc3ccsc23)n[nH]1. The zero-order valence-electron chi connectivity index (χ0n) is 19.3. The lowest BCUT2D eigenvalue weighted by atomic mass is 9.95. The summed E-state index contributed by atoms with van der Waals surface area (Å²) in [4.78, 5) is 22.0. The van der Waals surface area contributed by atoms with E-state index in [0.717, 1.165) is 52.4 Å². The standard InChI is InChI=1S/C25H27N7O2S/c1-14-11-20(32-31-14)28-23-22-18(9-10-35-22)26-24(30-23)29-21-16-7-8-17(21)19(12-16)27-25(33)34-13-15-5-3-2-4-6-15/h2-6,9-11,16-17,19,21H,7-8,12-13H2,1H3,(H,27,33)(H3,26,28,29,30,31,32)/t16-,17-,19-,21?/m0/s1. The number of nitrogens with zero attached hydrogens (tertiary/aromatic N) is 3. The molecule has 2 fully saturated rings. The third-order valence-electron chi connectivity index (χ3n) is 6.98. The number of anilines is 3. The lowest BCUT2D eigenvalue weighted by Gasteiger charge is -2.23. The molecule has 4 aromatic rings. The molecule has 6 rings (SSSR count). The van der Waals surface area contributed by atoms with Crippen LogP contribution in [0.25, 0.3) is 10.2 Å². The molecule has 2 saturated carbocycles. The molecule has 35 heavy (non-hydrogen) atoms. The highest BCUT2D eigenvalue weighted by molar-refractivity contribution is 7.17. The van der Waals surface area contributed by atoms with Crippen LogP contribution in [0.3, 0.4) is 0 Å². The van der Waals surface area contributed by atoms with Crippen molar-refractivity contribution in [2.75, 3.05) is 10.6 Å². The van der Waals surface area contributed by atoms with Gasteiger partial charge in [-0.25, -0.2) is 9.78 Å². The number of nitrogens with one attached hydrogen (secondary N) is 4. The Labute approximate surface area is 206 Å². The van der Waals surface area contributed by atoms with Gasteiger partial charge in [-0.15, -0.1) is 11.3 Å². The number of aryl methyl sites for hydroxylation is 1. The van der Waals surface area contributed by atoms with E-state index >= 15 is 0 Å². The van der Waals surface area contributed by atoms with Crippen LogP contribution in [0.2, 0.25) is 0 Å². The van der Waals surface area contributed by atoms with Gasteiger partial charge in [0.15, 0.2) is 11.6 Å². The Balaban J connectivity index is 1.13. The minimum Gasteiger partial charge on any atom is -0.445 e. The summed E-state index contributed by atoms with van der Waals surface area (Å²) in [5.41, 5.74) is 2.85. The molecule has 2 aliphatic carbocycles. The van der Waals surface area contributed by atoms with Crippen LogP contribution < -0.4 is 16.0 Å². The van der Waals surface area contributed by atoms with Gasteiger partial charge in [0.1, 0.15) is 6.61 Å². The Kier molecular flexibility index (Phi) is 5.73. The first kappa shape index (κ1) is 21.8. The van der Waals surface area contributed by atoms with Crippen LogP contribution in [0.4, 0.5) is 22.4 Å². The van der Waals surface area contributed by atoms with Crippen LogP contribution in [0.1, 0.15) is 30.5 Å².